The van der Waals surface area contributed by atoms with E-state index in [2.05, 4.69) is 15.1 Å². The Balaban J connectivity index is 1.35. The van der Waals surface area contributed by atoms with Gasteiger partial charge in [-0.1, -0.05) is 11.6 Å². The lowest BCUT2D eigenvalue weighted by molar-refractivity contribution is -0.0566. The summed E-state index contributed by atoms with van der Waals surface area (Å²) >= 11 is 6.45. The second kappa shape index (κ2) is 8.35. The molecular weight excluding hydrogens is 366 g/mol. The highest BCUT2D eigenvalue weighted by atomic mass is 35.5. The van der Waals surface area contributed by atoms with Gasteiger partial charge in [0.25, 0.3) is 5.91 Å². The van der Waals surface area contributed by atoms with E-state index in [1.807, 2.05) is 12.1 Å². The molecule has 3 aliphatic rings. The summed E-state index contributed by atoms with van der Waals surface area (Å²) in [7, 11) is 0. The van der Waals surface area contributed by atoms with Crippen LogP contribution in [-0.4, -0.2) is 73.5 Å². The molecular formula is C20H28ClN3O3. The molecule has 0 bridgehead atoms. The molecule has 1 aromatic rings. The van der Waals surface area contributed by atoms with Crippen LogP contribution in [0.2, 0.25) is 5.02 Å². The van der Waals surface area contributed by atoms with Crippen molar-refractivity contribution in [3.8, 4) is 0 Å². The van der Waals surface area contributed by atoms with Gasteiger partial charge >= 0.3 is 0 Å². The van der Waals surface area contributed by atoms with Gasteiger partial charge in [-0.05, 0) is 43.9 Å². The van der Waals surface area contributed by atoms with Crippen molar-refractivity contribution in [2.75, 3.05) is 44.3 Å². The minimum absolute atomic E-state index is 0.0671. The molecule has 3 fully saturated rings. The van der Waals surface area contributed by atoms with Crippen LogP contribution < -0.4 is 10.2 Å². The molecule has 3 aliphatic heterocycles. The van der Waals surface area contributed by atoms with Crippen LogP contribution in [0.15, 0.2) is 18.2 Å². The number of amides is 1. The topological polar surface area (TPSA) is 65.0 Å². The second-order valence-corrected chi connectivity index (χ2v) is 8.25. The van der Waals surface area contributed by atoms with E-state index < -0.39 is 0 Å². The number of morpholine rings is 1. The highest BCUT2D eigenvalue weighted by Crippen LogP contribution is 2.30. The second-order valence-electron chi connectivity index (χ2n) is 7.84. The van der Waals surface area contributed by atoms with Gasteiger partial charge in [0.1, 0.15) is 0 Å². The monoisotopic (exact) mass is 393 g/mol. The van der Waals surface area contributed by atoms with Gasteiger partial charge in [0.15, 0.2) is 0 Å². The zero-order valence-electron chi connectivity index (χ0n) is 15.6. The molecule has 4 rings (SSSR count). The molecule has 0 spiro atoms. The summed E-state index contributed by atoms with van der Waals surface area (Å²) in [5.74, 6) is -0.0671. The zero-order valence-corrected chi connectivity index (χ0v) is 16.3. The fraction of sp³-hybridized carbons (Fsp3) is 0.650. The highest BCUT2D eigenvalue weighted by Gasteiger charge is 2.37. The fourth-order valence-corrected chi connectivity index (χ4v) is 4.80. The average Bonchev–Trinajstić information content (AvgIpc) is 3.31. The third-order valence-corrected chi connectivity index (χ3v) is 6.24. The van der Waals surface area contributed by atoms with Crippen LogP contribution in [0.4, 0.5) is 5.69 Å². The first-order chi connectivity index (χ1) is 13.1. The molecule has 7 heteroatoms. The van der Waals surface area contributed by atoms with Gasteiger partial charge in [-0.25, -0.2) is 0 Å². The molecule has 3 saturated heterocycles. The SMILES string of the molecule is O=C(NC1CC2COC(CCO)CN2C1)c1ccc(N2CCCC2)c(Cl)c1. The van der Waals surface area contributed by atoms with E-state index >= 15 is 0 Å². The summed E-state index contributed by atoms with van der Waals surface area (Å²) < 4.78 is 5.81. The molecule has 3 unspecified atom stereocenters. The minimum atomic E-state index is -0.0671. The van der Waals surface area contributed by atoms with Gasteiger partial charge in [0.05, 0.1) is 23.4 Å². The van der Waals surface area contributed by atoms with Crippen molar-refractivity contribution in [3.05, 3.63) is 28.8 Å². The van der Waals surface area contributed by atoms with Crippen LogP contribution in [0.5, 0.6) is 0 Å². The van der Waals surface area contributed by atoms with Gasteiger partial charge in [-0.3, -0.25) is 9.69 Å². The summed E-state index contributed by atoms with van der Waals surface area (Å²) in [4.78, 5) is 17.3. The molecule has 6 nitrogen and oxygen atoms in total. The Kier molecular flexibility index (Phi) is 5.88. The summed E-state index contributed by atoms with van der Waals surface area (Å²) in [5, 5.41) is 12.9. The van der Waals surface area contributed by atoms with E-state index in [1.165, 1.54) is 12.8 Å². The van der Waals surface area contributed by atoms with Gasteiger partial charge < -0.3 is 20.1 Å². The van der Waals surface area contributed by atoms with Crippen molar-refractivity contribution in [1.82, 2.24) is 10.2 Å². The largest absolute Gasteiger partial charge is 0.396 e. The lowest BCUT2D eigenvalue weighted by Gasteiger charge is -2.34. The molecule has 0 radical (unpaired) electrons. The summed E-state index contributed by atoms with van der Waals surface area (Å²) in [6.07, 6.45) is 4.05. The fourth-order valence-electron chi connectivity index (χ4n) is 4.50. The molecule has 2 N–H and O–H groups in total. The van der Waals surface area contributed by atoms with Crippen molar-refractivity contribution in [1.29, 1.82) is 0 Å². The van der Waals surface area contributed by atoms with E-state index in [1.54, 1.807) is 6.07 Å². The quantitative estimate of drug-likeness (QED) is 0.799. The zero-order chi connectivity index (χ0) is 18.8. The number of hydrogen-bond acceptors (Lipinski definition) is 5. The lowest BCUT2D eigenvalue weighted by atomic mass is 10.1. The van der Waals surface area contributed by atoms with Crippen LogP contribution in [0.25, 0.3) is 0 Å². The molecule has 1 amide bonds. The lowest BCUT2D eigenvalue weighted by Crippen LogP contribution is -2.46. The molecule has 0 saturated carbocycles. The number of nitrogens with one attached hydrogen (secondary N) is 1. The van der Waals surface area contributed by atoms with Gasteiger partial charge in [-0.15, -0.1) is 0 Å². The predicted octanol–water partition coefficient (Wildman–Crippen LogP) is 1.89. The maximum absolute atomic E-state index is 12.7. The molecule has 1 aromatic carbocycles. The number of fused-ring (bicyclic) bond motifs is 1. The van der Waals surface area contributed by atoms with Crippen molar-refractivity contribution in [2.45, 2.75) is 43.9 Å². The molecule has 27 heavy (non-hydrogen) atoms. The van der Waals surface area contributed by atoms with Gasteiger partial charge in [-0.2, -0.15) is 0 Å². The van der Waals surface area contributed by atoms with E-state index in [0.717, 1.165) is 38.3 Å². The Labute approximate surface area is 165 Å². The Morgan fingerprint density at radius 2 is 2.11 bits per heavy atom. The van der Waals surface area contributed by atoms with E-state index in [-0.39, 0.29) is 24.7 Å². The number of benzene rings is 1. The van der Waals surface area contributed by atoms with E-state index in [0.29, 0.717) is 29.7 Å². The number of nitrogens with zero attached hydrogens (tertiary/aromatic N) is 2. The molecule has 3 atom stereocenters. The van der Waals surface area contributed by atoms with E-state index in [9.17, 15) is 4.79 Å². The van der Waals surface area contributed by atoms with Crippen LogP contribution in [0.1, 0.15) is 36.0 Å². The van der Waals surface area contributed by atoms with Gasteiger partial charge in [0, 0.05) is 50.4 Å². The van der Waals surface area contributed by atoms with Crippen LogP contribution in [0.3, 0.4) is 0 Å². The summed E-state index contributed by atoms with van der Waals surface area (Å²) in [6, 6.07) is 6.10. The first-order valence-corrected chi connectivity index (χ1v) is 10.3. The maximum Gasteiger partial charge on any atom is 0.251 e. The van der Waals surface area contributed by atoms with E-state index in [4.69, 9.17) is 21.4 Å². The van der Waals surface area contributed by atoms with Crippen LogP contribution in [0, 0.1) is 0 Å². The number of anilines is 1. The minimum Gasteiger partial charge on any atom is -0.396 e. The molecule has 0 aliphatic carbocycles. The van der Waals surface area contributed by atoms with Crippen LogP contribution >= 0.6 is 11.6 Å². The van der Waals surface area contributed by atoms with Crippen molar-refractivity contribution in [3.63, 3.8) is 0 Å². The number of ether oxygens (including phenoxy) is 1. The Bertz CT molecular complexity index is 680. The molecule has 0 aromatic heterocycles. The predicted molar refractivity (Wildman–Crippen MR) is 106 cm³/mol. The normalized spacial score (nSPS) is 28.4. The number of carbonyl (C=O) groups is 1. The molecule has 3 heterocycles. The number of rotatable bonds is 5. The Hall–Kier alpha value is -1.34. The smallest absolute Gasteiger partial charge is 0.251 e. The summed E-state index contributed by atoms with van der Waals surface area (Å²) in [5.41, 5.74) is 1.64. The first kappa shape index (κ1) is 19.0. The Morgan fingerprint density at radius 3 is 2.85 bits per heavy atom. The third-order valence-electron chi connectivity index (χ3n) is 5.93. The number of halogens is 1. The van der Waals surface area contributed by atoms with Crippen molar-refractivity contribution >= 4 is 23.2 Å². The first-order valence-electron chi connectivity index (χ1n) is 9.96. The van der Waals surface area contributed by atoms with Gasteiger partial charge in [0.2, 0.25) is 0 Å². The standard InChI is InChI=1S/C20H28ClN3O3/c21-18-9-14(3-4-19(18)23-6-1-2-7-23)20(26)22-15-10-16-13-27-17(5-8-25)12-24(16)11-15/h3-4,9,15-17,25H,1-2,5-8,10-13H2,(H,22,26). The van der Waals surface area contributed by atoms with Crippen LogP contribution in [-0.2, 0) is 4.74 Å². The van der Waals surface area contributed by atoms with Crippen molar-refractivity contribution in [2.24, 2.45) is 0 Å². The Morgan fingerprint density at radius 1 is 1.30 bits per heavy atom. The highest BCUT2D eigenvalue weighted by molar-refractivity contribution is 6.33. The number of carbonyl (C=O) groups excluding carboxylic acids is 1. The molecule has 148 valence electrons. The third kappa shape index (κ3) is 4.24. The number of aliphatic hydroxyl groups excluding tert-OH is 1. The van der Waals surface area contributed by atoms with Crippen molar-refractivity contribution < 1.29 is 14.6 Å². The average molecular weight is 394 g/mol. The maximum atomic E-state index is 12.7. The summed E-state index contributed by atoms with van der Waals surface area (Å²) in [6.45, 7) is 4.55. The number of hydrogen-bond donors (Lipinski definition) is 2. The number of aliphatic hydroxyl groups is 1.